The zero-order valence-corrected chi connectivity index (χ0v) is 12.4. The minimum Gasteiger partial charge on any atom is -0.288 e. The molecule has 0 aromatic carbocycles. The van der Waals surface area contributed by atoms with Crippen LogP contribution in [0.15, 0.2) is 22.2 Å². The van der Waals surface area contributed by atoms with Gasteiger partial charge in [-0.25, -0.2) is 9.97 Å². The lowest BCUT2D eigenvalue weighted by molar-refractivity contribution is 0.465. The normalized spacial score (nSPS) is 26.6. The zero-order valence-electron chi connectivity index (χ0n) is 11.6. The Bertz CT molecular complexity index is 828. The van der Waals surface area contributed by atoms with Crippen molar-refractivity contribution in [3.05, 3.63) is 28.2 Å². The van der Waals surface area contributed by atoms with Gasteiger partial charge in [-0.15, -0.1) is 0 Å². The molecule has 5 nitrogen and oxygen atoms in total. The molecule has 21 heavy (non-hydrogen) atoms. The van der Waals surface area contributed by atoms with Crippen LogP contribution in [0.1, 0.15) is 30.9 Å². The Morgan fingerprint density at radius 3 is 2.81 bits per heavy atom. The predicted octanol–water partition coefficient (Wildman–Crippen LogP) is 2.36. The molecule has 6 heteroatoms. The maximum absolute atomic E-state index is 12.6. The molecule has 2 aromatic heterocycles. The molecule has 2 saturated carbocycles. The van der Waals surface area contributed by atoms with Crippen LogP contribution in [0.25, 0.3) is 11.0 Å². The van der Waals surface area contributed by atoms with E-state index in [-0.39, 0.29) is 17.2 Å². The molecular formula is C15H14N4OS. The van der Waals surface area contributed by atoms with Gasteiger partial charge in [-0.1, -0.05) is 11.8 Å². The van der Waals surface area contributed by atoms with E-state index >= 15 is 0 Å². The van der Waals surface area contributed by atoms with E-state index < -0.39 is 0 Å². The van der Waals surface area contributed by atoms with Crippen LogP contribution in [0.3, 0.4) is 0 Å². The fourth-order valence-corrected chi connectivity index (χ4v) is 3.85. The maximum atomic E-state index is 12.6. The number of aromatic nitrogens is 3. The number of hydrogen-bond acceptors (Lipinski definition) is 5. The molecular weight excluding hydrogens is 284 g/mol. The summed E-state index contributed by atoms with van der Waals surface area (Å²) in [4.78, 5) is 21.4. The summed E-state index contributed by atoms with van der Waals surface area (Å²) >= 11 is 1.46. The lowest BCUT2D eigenvalue weighted by Crippen LogP contribution is -2.27. The molecule has 0 radical (unpaired) electrons. The monoisotopic (exact) mass is 298 g/mol. The minimum absolute atomic E-state index is 0.182. The average molecular weight is 298 g/mol. The molecule has 106 valence electrons. The number of nitriles is 1. The highest BCUT2D eigenvalue weighted by molar-refractivity contribution is 7.98. The van der Waals surface area contributed by atoms with Crippen LogP contribution >= 0.6 is 11.8 Å². The van der Waals surface area contributed by atoms with Crippen LogP contribution in [0, 0.1) is 23.2 Å². The summed E-state index contributed by atoms with van der Waals surface area (Å²) in [6, 6.07) is 3.80. The summed E-state index contributed by atoms with van der Waals surface area (Å²) in [6.45, 7) is 0. The van der Waals surface area contributed by atoms with Crippen molar-refractivity contribution in [2.75, 3.05) is 6.26 Å². The third-order valence-electron chi connectivity index (χ3n) is 4.64. The molecule has 2 fully saturated rings. The Kier molecular flexibility index (Phi) is 2.79. The second-order valence-electron chi connectivity index (χ2n) is 5.86. The van der Waals surface area contributed by atoms with Crippen LogP contribution in [-0.2, 0) is 0 Å². The molecule has 0 N–H and O–H groups in total. The van der Waals surface area contributed by atoms with Crippen molar-refractivity contribution >= 4 is 22.8 Å². The minimum atomic E-state index is -0.206. The molecule has 0 amide bonds. The van der Waals surface area contributed by atoms with E-state index in [1.54, 1.807) is 16.8 Å². The van der Waals surface area contributed by atoms with Crippen molar-refractivity contribution in [2.24, 2.45) is 11.8 Å². The molecule has 2 aliphatic rings. The van der Waals surface area contributed by atoms with Gasteiger partial charge >= 0.3 is 0 Å². The van der Waals surface area contributed by atoms with E-state index in [9.17, 15) is 10.1 Å². The van der Waals surface area contributed by atoms with Gasteiger partial charge in [-0.3, -0.25) is 9.36 Å². The molecule has 2 heterocycles. The lowest BCUT2D eigenvalue weighted by atomic mass is 10.1. The highest BCUT2D eigenvalue weighted by Gasteiger charge is 2.47. The maximum Gasteiger partial charge on any atom is 0.270 e. The highest BCUT2D eigenvalue weighted by Crippen LogP contribution is 2.56. The van der Waals surface area contributed by atoms with Gasteiger partial charge in [0.1, 0.15) is 17.3 Å². The summed E-state index contributed by atoms with van der Waals surface area (Å²) in [6.07, 6.45) is 6.99. The Morgan fingerprint density at radius 1 is 1.38 bits per heavy atom. The Labute approximate surface area is 126 Å². The van der Waals surface area contributed by atoms with Gasteiger partial charge in [0.25, 0.3) is 5.56 Å². The number of hydrogen-bond donors (Lipinski definition) is 0. The van der Waals surface area contributed by atoms with Gasteiger partial charge in [-0.05, 0) is 43.4 Å². The van der Waals surface area contributed by atoms with E-state index in [1.807, 2.05) is 12.3 Å². The smallest absolute Gasteiger partial charge is 0.270 e. The summed E-state index contributed by atoms with van der Waals surface area (Å²) in [7, 11) is 0. The van der Waals surface area contributed by atoms with Crippen molar-refractivity contribution in [3.8, 4) is 6.07 Å². The largest absolute Gasteiger partial charge is 0.288 e. The van der Waals surface area contributed by atoms with Crippen molar-refractivity contribution in [1.29, 1.82) is 5.26 Å². The second kappa shape index (κ2) is 4.57. The molecule has 0 saturated heterocycles. The van der Waals surface area contributed by atoms with E-state index in [4.69, 9.17) is 0 Å². The van der Waals surface area contributed by atoms with Gasteiger partial charge in [0.15, 0.2) is 5.16 Å². The number of rotatable bonds is 2. The van der Waals surface area contributed by atoms with E-state index in [0.29, 0.717) is 10.8 Å². The Balaban J connectivity index is 1.97. The third-order valence-corrected chi connectivity index (χ3v) is 5.20. The quantitative estimate of drug-likeness (QED) is 0.628. The summed E-state index contributed by atoms with van der Waals surface area (Å²) < 4.78 is 1.75. The van der Waals surface area contributed by atoms with Gasteiger partial charge in [0.2, 0.25) is 0 Å². The fraction of sp³-hybridized carbons (Fsp3) is 0.467. The average Bonchev–Trinajstić information content (AvgIpc) is 3.12. The van der Waals surface area contributed by atoms with E-state index in [0.717, 1.165) is 30.1 Å². The van der Waals surface area contributed by atoms with Gasteiger partial charge in [0, 0.05) is 17.6 Å². The number of thioether (sulfide) groups is 1. The Morgan fingerprint density at radius 2 is 2.14 bits per heavy atom. The zero-order chi connectivity index (χ0) is 14.6. The van der Waals surface area contributed by atoms with Gasteiger partial charge in [-0.2, -0.15) is 5.26 Å². The van der Waals surface area contributed by atoms with Crippen LogP contribution in [-0.4, -0.2) is 20.8 Å². The first kappa shape index (κ1) is 12.8. The van der Waals surface area contributed by atoms with Crippen LogP contribution in [0.4, 0.5) is 0 Å². The van der Waals surface area contributed by atoms with Crippen molar-refractivity contribution in [3.63, 3.8) is 0 Å². The predicted molar refractivity (Wildman–Crippen MR) is 80.2 cm³/mol. The molecule has 4 rings (SSSR count). The van der Waals surface area contributed by atoms with Gasteiger partial charge in [0.05, 0.1) is 0 Å². The fourth-order valence-electron chi connectivity index (χ4n) is 3.52. The molecule has 2 atom stereocenters. The summed E-state index contributed by atoms with van der Waals surface area (Å²) in [5.41, 5.74) is 0.648. The van der Waals surface area contributed by atoms with Gasteiger partial charge < -0.3 is 0 Å². The van der Waals surface area contributed by atoms with Crippen LogP contribution in [0.5, 0.6) is 0 Å². The molecule has 2 unspecified atom stereocenters. The molecule has 0 spiro atoms. The summed E-state index contributed by atoms with van der Waals surface area (Å²) in [5.74, 6) is 1.54. The lowest BCUT2D eigenvalue weighted by Gasteiger charge is -2.18. The molecule has 0 bridgehead atoms. The van der Waals surface area contributed by atoms with Crippen molar-refractivity contribution < 1.29 is 0 Å². The van der Waals surface area contributed by atoms with Crippen LogP contribution in [0.2, 0.25) is 0 Å². The first-order valence-electron chi connectivity index (χ1n) is 7.07. The number of nitrogens with zero attached hydrogens (tertiary/aromatic N) is 4. The third kappa shape index (κ3) is 1.95. The molecule has 2 aromatic rings. The van der Waals surface area contributed by atoms with Crippen LogP contribution < -0.4 is 5.56 Å². The van der Waals surface area contributed by atoms with Crippen molar-refractivity contribution in [2.45, 2.75) is 30.5 Å². The standard InChI is InChI=1S/C15H14N4OS/c1-21-15-17-7-11-3-10(6-16)14(20)19(13(11)18-15)12-4-8-2-9(8)5-12/h3,7-9,12H,2,4-5H2,1H3. The van der Waals surface area contributed by atoms with E-state index in [2.05, 4.69) is 9.97 Å². The first-order chi connectivity index (χ1) is 10.2. The first-order valence-corrected chi connectivity index (χ1v) is 8.30. The van der Waals surface area contributed by atoms with Crippen molar-refractivity contribution in [1.82, 2.24) is 14.5 Å². The second-order valence-corrected chi connectivity index (χ2v) is 6.64. The topological polar surface area (TPSA) is 71.6 Å². The Hall–Kier alpha value is -1.87. The highest BCUT2D eigenvalue weighted by atomic mass is 32.2. The number of pyridine rings is 1. The van der Waals surface area contributed by atoms with E-state index in [1.165, 1.54) is 18.2 Å². The summed E-state index contributed by atoms with van der Waals surface area (Å²) in [5, 5.41) is 10.6. The number of fused-ring (bicyclic) bond motifs is 2. The molecule has 2 aliphatic carbocycles. The SMILES string of the molecule is CSc1ncc2cc(C#N)c(=O)n(C3CC4CC4C3)c2n1. The molecule has 0 aliphatic heterocycles.